The zero-order chi connectivity index (χ0) is 21.8. The van der Waals surface area contributed by atoms with Crippen molar-refractivity contribution in [1.29, 1.82) is 0 Å². The van der Waals surface area contributed by atoms with Crippen molar-refractivity contribution < 1.29 is 19.7 Å². The van der Waals surface area contributed by atoms with Crippen LogP contribution in [0.1, 0.15) is 43.0 Å². The lowest BCUT2D eigenvalue weighted by Gasteiger charge is -2.66. The molecule has 0 amide bonds. The number of carbonyl (C=O) groups excluding carboxylic acids is 1. The Balaban J connectivity index is 1.30. The first kappa shape index (κ1) is 18.7. The number of fused-ring (bicyclic) bond motifs is 1. The van der Waals surface area contributed by atoms with Crippen molar-refractivity contribution in [3.8, 4) is 0 Å². The van der Waals surface area contributed by atoms with Gasteiger partial charge in [-0.15, -0.1) is 0 Å². The normalized spacial score (nSPS) is 59.7. The van der Waals surface area contributed by atoms with Gasteiger partial charge >= 0.3 is 5.97 Å². The average molecular weight is 434 g/mol. The lowest BCUT2D eigenvalue weighted by Crippen LogP contribution is -2.70. The van der Waals surface area contributed by atoms with Crippen LogP contribution in [-0.4, -0.2) is 58.0 Å². The van der Waals surface area contributed by atoms with Gasteiger partial charge < -0.3 is 14.9 Å². The summed E-state index contributed by atoms with van der Waals surface area (Å²) in [7, 11) is 0. The van der Waals surface area contributed by atoms with Gasteiger partial charge in [0.15, 0.2) is 0 Å². The van der Waals surface area contributed by atoms with E-state index in [1.807, 2.05) is 18.2 Å². The molecule has 9 fully saturated rings. The van der Waals surface area contributed by atoms with Gasteiger partial charge in [-0.25, -0.2) is 4.79 Å². The number of esters is 1. The van der Waals surface area contributed by atoms with Crippen LogP contribution in [0.2, 0.25) is 0 Å². The Labute approximate surface area is 188 Å². The summed E-state index contributed by atoms with van der Waals surface area (Å²) in [5.74, 6) is 0.574. The predicted octanol–water partition coefficient (Wildman–Crippen LogP) is 2.63. The molecule has 2 N–H and O–H groups in total. The zero-order valence-electron chi connectivity index (χ0n) is 18.5. The Hall–Kier alpha value is -1.69. The summed E-state index contributed by atoms with van der Waals surface area (Å²) in [5, 5.41) is 23.7. The summed E-state index contributed by atoms with van der Waals surface area (Å²) in [6.45, 7) is 7.82. The van der Waals surface area contributed by atoms with Gasteiger partial charge in [-0.2, -0.15) is 0 Å². The molecule has 3 aliphatic heterocycles. The van der Waals surface area contributed by atoms with E-state index in [2.05, 4.69) is 18.4 Å². The number of piperidine rings is 2. The number of ether oxygens (including phenoxy) is 1. The van der Waals surface area contributed by atoms with E-state index in [0.29, 0.717) is 17.4 Å². The first-order chi connectivity index (χ1) is 15.4. The maximum absolute atomic E-state index is 13.2. The Kier molecular flexibility index (Phi) is 3.12. The summed E-state index contributed by atoms with van der Waals surface area (Å²) in [4.78, 5) is 15.7. The maximum atomic E-state index is 13.2. The number of carbonyl (C=O) groups is 1. The molecule has 9 bridgehead atoms. The minimum absolute atomic E-state index is 0.0814. The molecule has 168 valence electrons. The summed E-state index contributed by atoms with van der Waals surface area (Å²) in [6.07, 6.45) is 2.60. The Morgan fingerprint density at radius 1 is 1.25 bits per heavy atom. The minimum atomic E-state index is -0.433. The molecule has 9 aliphatic rings. The number of hydrogen-bond acceptors (Lipinski definition) is 5. The van der Waals surface area contributed by atoms with Crippen LogP contribution in [0, 0.1) is 39.9 Å². The second kappa shape index (κ2) is 5.34. The fourth-order valence-corrected chi connectivity index (χ4v) is 11.2. The predicted molar refractivity (Wildman–Crippen MR) is 116 cm³/mol. The van der Waals surface area contributed by atoms with E-state index in [-0.39, 0.29) is 58.3 Å². The molecule has 1 unspecified atom stereocenters. The fourth-order valence-electron chi connectivity index (χ4n) is 11.2. The Bertz CT molecular complexity index is 1070. The highest BCUT2D eigenvalue weighted by Crippen LogP contribution is 2.87. The molecule has 1 aromatic rings. The van der Waals surface area contributed by atoms with Gasteiger partial charge in [0.25, 0.3) is 0 Å². The van der Waals surface area contributed by atoms with Crippen molar-refractivity contribution in [2.24, 2.45) is 39.9 Å². The summed E-state index contributed by atoms with van der Waals surface area (Å²) < 4.78 is 6.34. The molecular weight excluding hydrogens is 402 g/mol. The van der Waals surface area contributed by atoms with Crippen LogP contribution in [0.5, 0.6) is 0 Å². The van der Waals surface area contributed by atoms with Gasteiger partial charge in [-0.1, -0.05) is 37.3 Å². The van der Waals surface area contributed by atoms with Crippen molar-refractivity contribution in [3.63, 3.8) is 0 Å². The van der Waals surface area contributed by atoms with E-state index in [1.54, 1.807) is 12.1 Å². The second-order valence-corrected chi connectivity index (χ2v) is 12.3. The monoisotopic (exact) mass is 433 g/mol. The van der Waals surface area contributed by atoms with Gasteiger partial charge in [-0.3, -0.25) is 4.90 Å². The van der Waals surface area contributed by atoms with E-state index in [9.17, 15) is 15.0 Å². The highest BCUT2D eigenvalue weighted by atomic mass is 16.5. The van der Waals surface area contributed by atoms with Gasteiger partial charge in [0.05, 0.1) is 17.8 Å². The molecule has 13 atom stereocenters. The van der Waals surface area contributed by atoms with Crippen molar-refractivity contribution >= 4 is 5.97 Å². The van der Waals surface area contributed by atoms with E-state index in [1.165, 1.54) is 0 Å². The SMILES string of the molecule is C=C1C[C@]23[C@@H]4[C@H](OC(=O)c5ccccc5)[C@H]1C[C@H]2[C@]12[C@H](O)CC[C@]5(C)CN([C@@H]([C@H]3O)[C@H]51)[C@H]42. The molecular formula is C27H31NO4. The van der Waals surface area contributed by atoms with Crippen molar-refractivity contribution in [1.82, 2.24) is 4.90 Å². The first-order valence-corrected chi connectivity index (χ1v) is 12.4. The molecule has 3 heterocycles. The third kappa shape index (κ3) is 1.62. The summed E-state index contributed by atoms with van der Waals surface area (Å²) in [6, 6.07) is 9.59. The number of rotatable bonds is 2. The molecule has 5 nitrogen and oxygen atoms in total. The molecule has 1 aromatic carbocycles. The minimum Gasteiger partial charge on any atom is -0.458 e. The quantitative estimate of drug-likeness (QED) is 0.554. The highest BCUT2D eigenvalue weighted by Gasteiger charge is 2.92. The molecule has 6 aliphatic carbocycles. The second-order valence-electron chi connectivity index (χ2n) is 12.3. The molecule has 2 spiro atoms. The summed E-state index contributed by atoms with van der Waals surface area (Å²) in [5.41, 5.74) is 1.42. The molecule has 10 rings (SSSR count). The van der Waals surface area contributed by atoms with E-state index >= 15 is 0 Å². The zero-order valence-corrected chi connectivity index (χ0v) is 18.5. The Morgan fingerprint density at radius 2 is 2.03 bits per heavy atom. The largest absolute Gasteiger partial charge is 0.458 e. The summed E-state index contributed by atoms with van der Waals surface area (Å²) >= 11 is 0. The standard InChI is InChI=1S/C27H31NO4/c1-13-11-26-16-10-15(13)20(32-24(31)14-6-4-3-5-7-14)18(26)22-27(16)17(29)8-9-25(2)12-28(22)19(21(25)27)23(26)30/h3-7,15-23,29-30H,1,8-12H2,2H3/t15-,16+,17+,18+,19+,20+,21+,22+,23+,25+,26+,27-/m0/s1. The van der Waals surface area contributed by atoms with Crippen molar-refractivity contribution in [2.75, 3.05) is 6.54 Å². The lowest BCUT2D eigenvalue weighted by atomic mass is 9.39. The van der Waals surface area contributed by atoms with Crippen LogP contribution in [0.25, 0.3) is 0 Å². The maximum Gasteiger partial charge on any atom is 0.338 e. The number of hydrogen-bond donors (Lipinski definition) is 2. The average Bonchev–Trinajstić information content (AvgIpc) is 3.28. The number of aliphatic hydroxyl groups is 2. The number of benzene rings is 1. The third-order valence-corrected chi connectivity index (χ3v) is 11.6. The van der Waals surface area contributed by atoms with Crippen LogP contribution < -0.4 is 0 Å². The molecule has 0 aromatic heterocycles. The van der Waals surface area contributed by atoms with Crippen LogP contribution in [0.4, 0.5) is 0 Å². The van der Waals surface area contributed by atoms with Crippen molar-refractivity contribution in [3.05, 3.63) is 48.0 Å². The van der Waals surface area contributed by atoms with Crippen LogP contribution in [0.15, 0.2) is 42.5 Å². The molecule has 0 radical (unpaired) electrons. The molecule has 5 heteroatoms. The number of nitrogens with zero attached hydrogens (tertiary/aromatic N) is 1. The first-order valence-electron chi connectivity index (χ1n) is 12.4. The Morgan fingerprint density at radius 3 is 2.81 bits per heavy atom. The van der Waals surface area contributed by atoms with Crippen molar-refractivity contribution in [2.45, 2.75) is 63.0 Å². The lowest BCUT2D eigenvalue weighted by molar-refractivity contribution is -0.227. The van der Waals surface area contributed by atoms with Gasteiger partial charge in [0.2, 0.25) is 0 Å². The van der Waals surface area contributed by atoms with E-state index in [4.69, 9.17) is 4.74 Å². The molecule has 32 heavy (non-hydrogen) atoms. The highest BCUT2D eigenvalue weighted by molar-refractivity contribution is 5.89. The third-order valence-electron chi connectivity index (χ3n) is 11.6. The van der Waals surface area contributed by atoms with Crippen LogP contribution in [0.3, 0.4) is 0 Å². The molecule has 3 saturated heterocycles. The van der Waals surface area contributed by atoms with Gasteiger partial charge in [0.1, 0.15) is 6.10 Å². The topological polar surface area (TPSA) is 70.0 Å². The fraction of sp³-hybridized carbons (Fsp3) is 0.667. The van der Waals surface area contributed by atoms with Gasteiger partial charge in [-0.05, 0) is 55.1 Å². The van der Waals surface area contributed by atoms with E-state index in [0.717, 1.165) is 37.8 Å². The van der Waals surface area contributed by atoms with Crippen LogP contribution in [-0.2, 0) is 4.74 Å². The molecule has 6 saturated carbocycles. The smallest absolute Gasteiger partial charge is 0.338 e. The number of aliphatic hydroxyl groups excluding tert-OH is 2. The van der Waals surface area contributed by atoms with E-state index < -0.39 is 6.10 Å². The van der Waals surface area contributed by atoms with Crippen LogP contribution >= 0.6 is 0 Å². The van der Waals surface area contributed by atoms with Gasteiger partial charge in [0, 0.05) is 41.3 Å².